The predicted molar refractivity (Wildman–Crippen MR) is 67.5 cm³/mol. The third-order valence-electron chi connectivity index (χ3n) is 3.07. The Kier molecular flexibility index (Phi) is 3.54. The average Bonchev–Trinajstić information content (AvgIpc) is 2.63. The molecule has 4 heteroatoms. The van der Waals surface area contributed by atoms with Crippen molar-refractivity contribution in [1.82, 2.24) is 14.8 Å². The minimum absolute atomic E-state index is 0.560. The van der Waals surface area contributed by atoms with Crippen molar-refractivity contribution in [2.75, 3.05) is 0 Å². The Labute approximate surface area is 101 Å². The van der Waals surface area contributed by atoms with Crippen LogP contribution in [0.3, 0.4) is 0 Å². The summed E-state index contributed by atoms with van der Waals surface area (Å²) in [6, 6.07) is 4.05. The molecule has 0 aromatic carbocycles. The summed E-state index contributed by atoms with van der Waals surface area (Å²) < 4.78 is 2.03. The highest BCUT2D eigenvalue weighted by molar-refractivity contribution is 5.24. The van der Waals surface area contributed by atoms with Crippen LogP contribution in [0.2, 0.25) is 0 Å². The molecule has 0 atom stereocenters. The van der Waals surface area contributed by atoms with Gasteiger partial charge < -0.3 is 5.73 Å². The lowest BCUT2D eigenvalue weighted by atomic mass is 10.2. The van der Waals surface area contributed by atoms with E-state index in [0.717, 1.165) is 24.2 Å². The lowest BCUT2D eigenvalue weighted by Crippen LogP contribution is -2.06. The normalized spacial score (nSPS) is 10.8. The predicted octanol–water partition coefficient (Wildman–Crippen LogP) is 1.60. The summed E-state index contributed by atoms with van der Waals surface area (Å²) in [5, 5.41) is 4.51. The van der Waals surface area contributed by atoms with Gasteiger partial charge in [-0.3, -0.25) is 9.67 Å². The first-order valence-corrected chi connectivity index (χ1v) is 5.84. The van der Waals surface area contributed by atoms with Gasteiger partial charge in [0.2, 0.25) is 0 Å². The second kappa shape index (κ2) is 5.10. The van der Waals surface area contributed by atoms with Gasteiger partial charge in [0.1, 0.15) is 0 Å². The molecule has 2 heterocycles. The Morgan fingerprint density at radius 3 is 2.76 bits per heavy atom. The van der Waals surface area contributed by atoms with E-state index >= 15 is 0 Å². The fourth-order valence-electron chi connectivity index (χ4n) is 2.03. The summed E-state index contributed by atoms with van der Waals surface area (Å²) in [6.45, 7) is 5.52. The minimum atomic E-state index is 0.560. The van der Waals surface area contributed by atoms with Crippen LogP contribution >= 0.6 is 0 Å². The number of hydrogen-bond acceptors (Lipinski definition) is 3. The summed E-state index contributed by atoms with van der Waals surface area (Å²) in [7, 11) is 0. The number of nitrogens with zero attached hydrogens (tertiary/aromatic N) is 3. The maximum atomic E-state index is 5.71. The molecule has 0 amide bonds. The number of pyridine rings is 1. The van der Waals surface area contributed by atoms with E-state index in [1.165, 1.54) is 11.3 Å². The van der Waals surface area contributed by atoms with Crippen LogP contribution in [0.25, 0.3) is 0 Å². The highest BCUT2D eigenvalue weighted by atomic mass is 15.3. The molecule has 2 aromatic heterocycles. The molecule has 0 saturated heterocycles. The van der Waals surface area contributed by atoms with Gasteiger partial charge in [-0.2, -0.15) is 5.10 Å². The Balaban J connectivity index is 2.10. The van der Waals surface area contributed by atoms with Crippen molar-refractivity contribution in [2.24, 2.45) is 5.73 Å². The number of nitrogens with two attached hydrogens (primary N) is 1. The third kappa shape index (κ3) is 2.53. The molecule has 0 aliphatic rings. The van der Waals surface area contributed by atoms with Crippen molar-refractivity contribution in [1.29, 1.82) is 0 Å². The lowest BCUT2D eigenvalue weighted by molar-refractivity contribution is 0.592. The molecule has 0 fully saturated rings. The average molecular weight is 230 g/mol. The Bertz CT molecular complexity index is 488. The van der Waals surface area contributed by atoms with E-state index in [4.69, 9.17) is 5.73 Å². The van der Waals surface area contributed by atoms with Gasteiger partial charge in [-0.1, -0.05) is 6.07 Å². The van der Waals surface area contributed by atoms with Crippen molar-refractivity contribution in [2.45, 2.75) is 33.4 Å². The van der Waals surface area contributed by atoms with E-state index in [2.05, 4.69) is 23.1 Å². The highest BCUT2D eigenvalue weighted by Gasteiger charge is 2.09. The van der Waals surface area contributed by atoms with Gasteiger partial charge >= 0.3 is 0 Å². The molecule has 4 nitrogen and oxygen atoms in total. The first kappa shape index (κ1) is 11.8. The number of aromatic nitrogens is 3. The van der Waals surface area contributed by atoms with Crippen molar-refractivity contribution in [3.63, 3.8) is 0 Å². The summed E-state index contributed by atoms with van der Waals surface area (Å²) in [5.41, 5.74) is 10.3. The maximum absolute atomic E-state index is 5.71. The van der Waals surface area contributed by atoms with Crippen LogP contribution in [0.5, 0.6) is 0 Å². The molecule has 0 unspecified atom stereocenters. The zero-order chi connectivity index (χ0) is 12.3. The monoisotopic (exact) mass is 230 g/mol. The van der Waals surface area contributed by atoms with Gasteiger partial charge in [-0.15, -0.1) is 0 Å². The first-order chi connectivity index (χ1) is 8.22. The minimum Gasteiger partial charge on any atom is -0.326 e. The van der Waals surface area contributed by atoms with Gasteiger partial charge in [0.25, 0.3) is 0 Å². The molecule has 0 radical (unpaired) electrons. The quantitative estimate of drug-likeness (QED) is 0.868. The number of aryl methyl sites for hydroxylation is 3. The van der Waals surface area contributed by atoms with E-state index in [0.29, 0.717) is 6.54 Å². The summed E-state index contributed by atoms with van der Waals surface area (Å²) >= 11 is 0. The molecule has 2 N–H and O–H groups in total. The molecule has 17 heavy (non-hydrogen) atoms. The van der Waals surface area contributed by atoms with Crippen LogP contribution in [0.1, 0.15) is 22.5 Å². The zero-order valence-corrected chi connectivity index (χ0v) is 10.3. The zero-order valence-electron chi connectivity index (χ0n) is 10.3. The summed E-state index contributed by atoms with van der Waals surface area (Å²) in [5.74, 6) is 0. The standard InChI is InChI=1S/C13H18N4/c1-10-13(8-14)11(2)17(16-10)7-5-12-4-3-6-15-9-12/h3-4,6,9H,5,7-8,14H2,1-2H3. The van der Waals surface area contributed by atoms with E-state index < -0.39 is 0 Å². The fourth-order valence-corrected chi connectivity index (χ4v) is 2.03. The Morgan fingerprint density at radius 2 is 2.18 bits per heavy atom. The molecule has 0 spiro atoms. The van der Waals surface area contributed by atoms with Gasteiger partial charge in [-0.25, -0.2) is 0 Å². The van der Waals surface area contributed by atoms with Gasteiger partial charge in [0, 0.05) is 36.7 Å². The van der Waals surface area contributed by atoms with Gasteiger partial charge in [0.15, 0.2) is 0 Å². The largest absolute Gasteiger partial charge is 0.326 e. The van der Waals surface area contributed by atoms with Crippen LogP contribution in [0.4, 0.5) is 0 Å². The van der Waals surface area contributed by atoms with E-state index in [1.807, 2.05) is 23.9 Å². The second-order valence-electron chi connectivity index (χ2n) is 4.19. The van der Waals surface area contributed by atoms with Crippen LogP contribution in [0.15, 0.2) is 24.5 Å². The van der Waals surface area contributed by atoms with E-state index in [-0.39, 0.29) is 0 Å². The number of hydrogen-bond donors (Lipinski definition) is 1. The maximum Gasteiger partial charge on any atom is 0.0641 e. The van der Waals surface area contributed by atoms with E-state index in [9.17, 15) is 0 Å². The van der Waals surface area contributed by atoms with Crippen molar-refractivity contribution >= 4 is 0 Å². The Hall–Kier alpha value is -1.68. The molecule has 2 rings (SSSR count). The molecule has 90 valence electrons. The SMILES string of the molecule is Cc1nn(CCc2cccnc2)c(C)c1CN. The first-order valence-electron chi connectivity index (χ1n) is 5.84. The topological polar surface area (TPSA) is 56.7 Å². The molecule has 0 bridgehead atoms. The highest BCUT2D eigenvalue weighted by Crippen LogP contribution is 2.12. The van der Waals surface area contributed by atoms with Crippen molar-refractivity contribution in [3.8, 4) is 0 Å². The van der Waals surface area contributed by atoms with Crippen LogP contribution < -0.4 is 5.73 Å². The molecule has 0 aliphatic carbocycles. The molecular weight excluding hydrogens is 212 g/mol. The summed E-state index contributed by atoms with van der Waals surface area (Å²) in [4.78, 5) is 4.11. The van der Waals surface area contributed by atoms with Gasteiger partial charge in [0.05, 0.1) is 5.69 Å². The van der Waals surface area contributed by atoms with E-state index in [1.54, 1.807) is 6.20 Å². The van der Waals surface area contributed by atoms with Crippen molar-refractivity contribution in [3.05, 3.63) is 47.0 Å². The smallest absolute Gasteiger partial charge is 0.0641 e. The number of rotatable bonds is 4. The van der Waals surface area contributed by atoms with Gasteiger partial charge in [-0.05, 0) is 31.9 Å². The molecule has 0 saturated carbocycles. The third-order valence-corrected chi connectivity index (χ3v) is 3.07. The molecule has 0 aliphatic heterocycles. The fraction of sp³-hybridized carbons (Fsp3) is 0.385. The van der Waals surface area contributed by atoms with Crippen LogP contribution in [-0.4, -0.2) is 14.8 Å². The van der Waals surface area contributed by atoms with Crippen LogP contribution in [-0.2, 0) is 19.5 Å². The summed E-state index contributed by atoms with van der Waals surface area (Å²) in [6.07, 6.45) is 4.63. The second-order valence-corrected chi connectivity index (χ2v) is 4.19. The molecular formula is C13H18N4. The molecule has 2 aromatic rings. The van der Waals surface area contributed by atoms with Crippen LogP contribution in [0, 0.1) is 13.8 Å². The van der Waals surface area contributed by atoms with Crippen molar-refractivity contribution < 1.29 is 0 Å². The lowest BCUT2D eigenvalue weighted by Gasteiger charge is -2.04. The Morgan fingerprint density at radius 1 is 1.35 bits per heavy atom.